The van der Waals surface area contributed by atoms with E-state index in [9.17, 15) is 13.2 Å². The molecule has 2 N–H and O–H groups in total. The molecule has 1 aromatic carbocycles. The molecule has 0 amide bonds. The molecule has 4 rings (SSSR count). The number of aromatic amines is 1. The van der Waals surface area contributed by atoms with E-state index >= 15 is 0 Å². The fraction of sp³-hybridized carbons (Fsp3) is 0.188. The Hall–Kier alpha value is -2.54. The van der Waals surface area contributed by atoms with Gasteiger partial charge in [0.1, 0.15) is 5.52 Å². The summed E-state index contributed by atoms with van der Waals surface area (Å²) in [6.07, 6.45) is 4.78. The molecule has 7 heteroatoms. The van der Waals surface area contributed by atoms with Gasteiger partial charge >= 0.3 is 0 Å². The van der Waals surface area contributed by atoms with E-state index in [1.165, 1.54) is 6.26 Å². The minimum Gasteiger partial charge on any atom is -0.380 e. The van der Waals surface area contributed by atoms with Crippen molar-refractivity contribution < 1.29 is 8.42 Å². The first kappa shape index (κ1) is 14.1. The first-order valence-corrected chi connectivity index (χ1v) is 9.03. The third-order valence-electron chi connectivity index (χ3n) is 4.27. The lowest BCUT2D eigenvalue weighted by Crippen LogP contribution is -2.11. The highest BCUT2D eigenvalue weighted by molar-refractivity contribution is 7.90. The van der Waals surface area contributed by atoms with Crippen LogP contribution in [0.15, 0.2) is 40.3 Å². The van der Waals surface area contributed by atoms with Crippen LogP contribution in [0.3, 0.4) is 0 Å². The van der Waals surface area contributed by atoms with Crippen LogP contribution in [0.4, 0.5) is 5.69 Å². The molecule has 0 unspecified atom stereocenters. The van der Waals surface area contributed by atoms with Gasteiger partial charge in [-0.2, -0.15) is 0 Å². The van der Waals surface area contributed by atoms with E-state index in [1.807, 2.05) is 13.2 Å². The van der Waals surface area contributed by atoms with Crippen LogP contribution in [0.5, 0.6) is 0 Å². The Bertz CT molecular complexity index is 1120. The van der Waals surface area contributed by atoms with Crippen LogP contribution in [0.2, 0.25) is 0 Å². The number of hydrogen-bond donors (Lipinski definition) is 2. The molecule has 1 aliphatic rings. The smallest absolute Gasteiger partial charge is 0.272 e. The second-order valence-electron chi connectivity index (χ2n) is 5.85. The van der Waals surface area contributed by atoms with Gasteiger partial charge in [0.15, 0.2) is 9.84 Å². The van der Waals surface area contributed by atoms with Gasteiger partial charge in [0.2, 0.25) is 0 Å². The molecule has 0 saturated carbocycles. The molecule has 2 aromatic heterocycles. The second kappa shape index (κ2) is 4.48. The Morgan fingerprint density at radius 1 is 1.22 bits per heavy atom. The number of aromatic nitrogens is 2. The molecule has 0 bridgehead atoms. The lowest BCUT2D eigenvalue weighted by Gasteiger charge is -2.10. The van der Waals surface area contributed by atoms with Gasteiger partial charge in [0.25, 0.3) is 5.56 Å². The molecule has 1 aliphatic heterocycles. The van der Waals surface area contributed by atoms with Gasteiger partial charge in [-0.05, 0) is 23.8 Å². The van der Waals surface area contributed by atoms with Crippen LogP contribution in [0, 0.1) is 0 Å². The SMILES string of the molecule is Cn1cc2c3c(c[nH]c(=O)c31)CNc1ccc(S(C)(=O)=O)cc1-2. The van der Waals surface area contributed by atoms with Crippen LogP contribution in [0.1, 0.15) is 5.56 Å². The number of benzene rings is 1. The monoisotopic (exact) mass is 329 g/mol. The number of nitrogens with one attached hydrogen (secondary N) is 2. The van der Waals surface area contributed by atoms with Crippen molar-refractivity contribution in [2.24, 2.45) is 7.05 Å². The van der Waals surface area contributed by atoms with Gasteiger partial charge in [0.05, 0.1) is 4.90 Å². The summed E-state index contributed by atoms with van der Waals surface area (Å²) in [7, 11) is -1.48. The summed E-state index contributed by atoms with van der Waals surface area (Å²) in [5.74, 6) is 0. The van der Waals surface area contributed by atoms with Crippen molar-refractivity contribution >= 4 is 26.4 Å². The van der Waals surface area contributed by atoms with Crippen molar-refractivity contribution in [3.63, 3.8) is 0 Å². The average Bonchev–Trinajstić information content (AvgIpc) is 2.76. The molecule has 0 aliphatic carbocycles. The average molecular weight is 329 g/mol. The van der Waals surface area contributed by atoms with Crippen molar-refractivity contribution in [3.05, 3.63) is 46.5 Å². The summed E-state index contributed by atoms with van der Waals surface area (Å²) in [4.78, 5) is 15.2. The highest BCUT2D eigenvalue weighted by Crippen LogP contribution is 2.39. The maximum atomic E-state index is 12.2. The third kappa shape index (κ3) is 2.00. The summed E-state index contributed by atoms with van der Waals surface area (Å²) < 4.78 is 25.5. The van der Waals surface area contributed by atoms with Crippen molar-refractivity contribution in [1.29, 1.82) is 0 Å². The minimum absolute atomic E-state index is 0.153. The van der Waals surface area contributed by atoms with Gasteiger partial charge in [0, 0.05) is 54.4 Å². The van der Waals surface area contributed by atoms with Crippen molar-refractivity contribution in [3.8, 4) is 11.1 Å². The maximum Gasteiger partial charge on any atom is 0.272 e. The number of anilines is 1. The first-order valence-electron chi connectivity index (χ1n) is 7.14. The molecule has 0 spiro atoms. The number of pyridine rings is 1. The molecular formula is C16H15N3O3S. The predicted octanol–water partition coefficient (Wildman–Crippen LogP) is 1.86. The zero-order valence-electron chi connectivity index (χ0n) is 12.7. The van der Waals surface area contributed by atoms with Gasteiger partial charge in [-0.25, -0.2) is 8.42 Å². The third-order valence-corrected chi connectivity index (χ3v) is 5.38. The van der Waals surface area contributed by atoms with Crippen LogP contribution in [-0.2, 0) is 23.4 Å². The second-order valence-corrected chi connectivity index (χ2v) is 7.87. The number of sulfone groups is 1. The quantitative estimate of drug-likeness (QED) is 0.714. The van der Waals surface area contributed by atoms with Crippen molar-refractivity contribution in [2.75, 3.05) is 11.6 Å². The van der Waals surface area contributed by atoms with Gasteiger partial charge < -0.3 is 14.9 Å². The van der Waals surface area contributed by atoms with Crippen LogP contribution in [0.25, 0.3) is 22.0 Å². The fourth-order valence-electron chi connectivity index (χ4n) is 3.18. The van der Waals surface area contributed by atoms with Crippen LogP contribution in [-0.4, -0.2) is 24.2 Å². The molecule has 3 aromatic rings. The number of fused-ring (bicyclic) bond motifs is 2. The molecule has 6 nitrogen and oxygen atoms in total. The standard InChI is InChI=1S/C16H15N3O3S/c1-19-8-12-11-5-10(23(2,21)22)3-4-13(11)17-6-9-7-18-16(20)15(19)14(9)12/h3-5,7-8,17H,6H2,1-2H3,(H,18,20). The molecule has 118 valence electrons. The summed E-state index contributed by atoms with van der Waals surface area (Å²) in [6.45, 7) is 0.565. The molecular weight excluding hydrogens is 314 g/mol. The van der Waals surface area contributed by atoms with E-state index in [-0.39, 0.29) is 10.5 Å². The molecule has 0 atom stereocenters. The summed E-state index contributed by atoms with van der Waals surface area (Å²) in [6, 6.07) is 5.05. The number of aryl methyl sites for hydroxylation is 1. The number of hydrogen-bond acceptors (Lipinski definition) is 4. The Morgan fingerprint density at radius 3 is 2.74 bits per heavy atom. The lowest BCUT2D eigenvalue weighted by atomic mass is 10.0. The highest BCUT2D eigenvalue weighted by atomic mass is 32.2. The van der Waals surface area contributed by atoms with E-state index in [2.05, 4.69) is 10.3 Å². The number of rotatable bonds is 1. The van der Waals surface area contributed by atoms with Gasteiger partial charge in [-0.15, -0.1) is 0 Å². The van der Waals surface area contributed by atoms with E-state index in [0.717, 1.165) is 27.8 Å². The molecule has 0 fully saturated rings. The Labute approximate surface area is 132 Å². The van der Waals surface area contributed by atoms with E-state index < -0.39 is 9.84 Å². The minimum atomic E-state index is -3.30. The largest absolute Gasteiger partial charge is 0.380 e. The van der Waals surface area contributed by atoms with Crippen LogP contribution < -0.4 is 10.9 Å². The normalized spacial score (nSPS) is 13.5. The number of nitrogens with zero attached hydrogens (tertiary/aromatic N) is 1. The van der Waals surface area contributed by atoms with E-state index in [1.54, 1.807) is 29.0 Å². The Kier molecular flexibility index (Phi) is 2.74. The fourth-order valence-corrected chi connectivity index (χ4v) is 3.83. The topological polar surface area (TPSA) is 84.0 Å². The predicted molar refractivity (Wildman–Crippen MR) is 89.4 cm³/mol. The first-order chi connectivity index (χ1) is 10.9. The molecule has 3 heterocycles. The van der Waals surface area contributed by atoms with E-state index in [4.69, 9.17) is 0 Å². The van der Waals surface area contributed by atoms with Crippen molar-refractivity contribution in [1.82, 2.24) is 9.55 Å². The van der Waals surface area contributed by atoms with E-state index in [0.29, 0.717) is 12.1 Å². The molecule has 0 radical (unpaired) electrons. The van der Waals surface area contributed by atoms with Gasteiger partial charge in [-0.3, -0.25) is 4.79 Å². The zero-order chi connectivity index (χ0) is 16.4. The highest BCUT2D eigenvalue weighted by Gasteiger charge is 2.22. The summed E-state index contributed by atoms with van der Waals surface area (Å²) in [5, 5.41) is 4.18. The Balaban J connectivity index is 2.14. The maximum absolute atomic E-state index is 12.2. The number of H-pyrrole nitrogens is 1. The summed E-state index contributed by atoms with van der Waals surface area (Å²) >= 11 is 0. The zero-order valence-corrected chi connectivity index (χ0v) is 13.5. The lowest BCUT2D eigenvalue weighted by molar-refractivity contribution is 0.602. The van der Waals surface area contributed by atoms with Crippen LogP contribution >= 0.6 is 0 Å². The van der Waals surface area contributed by atoms with Crippen molar-refractivity contribution in [2.45, 2.75) is 11.4 Å². The molecule has 0 saturated heterocycles. The Morgan fingerprint density at radius 2 is 2.00 bits per heavy atom. The molecule has 23 heavy (non-hydrogen) atoms. The summed E-state index contributed by atoms with van der Waals surface area (Å²) in [5.41, 5.74) is 3.94. The van der Waals surface area contributed by atoms with Gasteiger partial charge in [-0.1, -0.05) is 0 Å².